The van der Waals surface area contributed by atoms with Crippen LogP contribution >= 0.6 is 22.6 Å². The summed E-state index contributed by atoms with van der Waals surface area (Å²) >= 11 is 2.14. The monoisotopic (exact) mass is 385 g/mol. The lowest BCUT2D eigenvalue weighted by Gasteiger charge is -2.14. The predicted molar refractivity (Wildman–Crippen MR) is 85.3 cm³/mol. The van der Waals surface area contributed by atoms with Gasteiger partial charge >= 0.3 is 6.01 Å². The average molecular weight is 385 g/mol. The van der Waals surface area contributed by atoms with Crippen LogP contribution in [0.4, 0.5) is 5.95 Å². The lowest BCUT2D eigenvalue weighted by Crippen LogP contribution is -2.15. The summed E-state index contributed by atoms with van der Waals surface area (Å²) in [5.41, 5.74) is 0. The van der Waals surface area contributed by atoms with E-state index < -0.39 is 0 Å². The van der Waals surface area contributed by atoms with Gasteiger partial charge in [0.1, 0.15) is 15.3 Å². The van der Waals surface area contributed by atoms with E-state index in [1.165, 1.54) is 0 Å². The number of pyridine rings is 1. The number of nitrogens with zero attached hydrogens (tertiary/aromatic N) is 5. The maximum Gasteiger partial charge on any atom is 0.327 e. The van der Waals surface area contributed by atoms with Crippen LogP contribution in [0.15, 0.2) is 18.3 Å². The molecule has 0 bridgehead atoms. The van der Waals surface area contributed by atoms with Crippen LogP contribution in [0, 0.1) is 3.70 Å². The number of halogens is 1. The highest BCUT2D eigenvalue weighted by Gasteiger charge is 2.12. The SMILES string of the molecule is CC(C)c1nc(Oc2ccc(I)nc2)nc(N(C)C)n1. The molecule has 0 unspecified atom stereocenters. The Morgan fingerprint density at radius 2 is 1.90 bits per heavy atom. The van der Waals surface area contributed by atoms with Crippen molar-refractivity contribution in [2.75, 3.05) is 19.0 Å². The van der Waals surface area contributed by atoms with E-state index in [2.05, 4.69) is 42.5 Å². The van der Waals surface area contributed by atoms with E-state index in [9.17, 15) is 0 Å². The Morgan fingerprint density at radius 3 is 2.45 bits per heavy atom. The Balaban J connectivity index is 2.32. The summed E-state index contributed by atoms with van der Waals surface area (Å²) in [4.78, 5) is 19.0. The largest absolute Gasteiger partial charge is 0.423 e. The number of hydrogen-bond acceptors (Lipinski definition) is 6. The number of aromatic nitrogens is 4. The van der Waals surface area contributed by atoms with Crippen molar-refractivity contribution in [1.29, 1.82) is 0 Å². The Kier molecular flexibility index (Phi) is 4.69. The first-order valence-electron chi connectivity index (χ1n) is 6.18. The minimum atomic E-state index is 0.203. The van der Waals surface area contributed by atoms with Gasteiger partial charge < -0.3 is 9.64 Å². The summed E-state index contributed by atoms with van der Waals surface area (Å²) in [5.74, 6) is 2.10. The van der Waals surface area contributed by atoms with Crippen molar-refractivity contribution in [2.45, 2.75) is 19.8 Å². The highest BCUT2D eigenvalue weighted by Crippen LogP contribution is 2.21. The molecule has 2 aromatic rings. The van der Waals surface area contributed by atoms with Crippen LogP contribution in [0.5, 0.6) is 11.8 Å². The molecule has 6 nitrogen and oxygen atoms in total. The third-order valence-corrected chi connectivity index (χ3v) is 3.08. The molecule has 2 heterocycles. The fraction of sp³-hybridized carbons (Fsp3) is 0.385. The van der Waals surface area contributed by atoms with Gasteiger partial charge in [-0.1, -0.05) is 13.8 Å². The summed E-state index contributed by atoms with van der Waals surface area (Å²) in [7, 11) is 3.77. The lowest BCUT2D eigenvalue weighted by molar-refractivity contribution is 0.432. The Labute approximate surface area is 131 Å². The maximum absolute atomic E-state index is 5.66. The Morgan fingerprint density at radius 1 is 1.15 bits per heavy atom. The van der Waals surface area contributed by atoms with Gasteiger partial charge in [0.25, 0.3) is 0 Å². The zero-order chi connectivity index (χ0) is 14.7. The maximum atomic E-state index is 5.66. The molecule has 0 spiro atoms. The van der Waals surface area contributed by atoms with Gasteiger partial charge in [-0.15, -0.1) is 0 Å². The summed E-state index contributed by atoms with van der Waals surface area (Å²) in [6.07, 6.45) is 1.65. The smallest absolute Gasteiger partial charge is 0.327 e. The van der Waals surface area contributed by atoms with Crippen LogP contribution < -0.4 is 9.64 Å². The molecule has 0 radical (unpaired) electrons. The van der Waals surface area contributed by atoms with Gasteiger partial charge in [-0.2, -0.15) is 15.0 Å². The number of ether oxygens (including phenoxy) is 1. The van der Waals surface area contributed by atoms with E-state index in [0.717, 1.165) is 3.70 Å². The third-order valence-electron chi connectivity index (χ3n) is 2.45. The van der Waals surface area contributed by atoms with Crippen molar-refractivity contribution in [3.63, 3.8) is 0 Å². The van der Waals surface area contributed by atoms with Crippen molar-refractivity contribution in [3.05, 3.63) is 27.9 Å². The lowest BCUT2D eigenvalue weighted by atomic mass is 10.2. The molecule has 0 aliphatic rings. The van der Waals surface area contributed by atoms with Gasteiger partial charge in [0.2, 0.25) is 5.95 Å². The summed E-state index contributed by atoms with van der Waals surface area (Å²) in [6.45, 7) is 4.07. The van der Waals surface area contributed by atoms with Crippen LogP contribution in [0.25, 0.3) is 0 Å². The summed E-state index contributed by atoms with van der Waals surface area (Å²) < 4.78 is 6.57. The van der Waals surface area contributed by atoms with Crippen molar-refractivity contribution >= 4 is 28.5 Å². The molecular formula is C13H16IN5O. The average Bonchev–Trinajstić information content (AvgIpc) is 2.41. The van der Waals surface area contributed by atoms with Crippen LogP contribution in [-0.2, 0) is 0 Å². The fourth-order valence-electron chi connectivity index (χ4n) is 1.39. The molecule has 0 amide bonds. The molecule has 106 valence electrons. The molecule has 0 saturated heterocycles. The normalized spacial score (nSPS) is 10.7. The van der Waals surface area contributed by atoms with E-state index in [0.29, 0.717) is 17.5 Å². The first kappa shape index (κ1) is 14.9. The minimum absolute atomic E-state index is 0.203. The molecule has 0 fully saturated rings. The van der Waals surface area contributed by atoms with Gasteiger partial charge in [-0.25, -0.2) is 4.98 Å². The number of hydrogen-bond donors (Lipinski definition) is 0. The Hall–Kier alpha value is -1.51. The first-order valence-corrected chi connectivity index (χ1v) is 7.26. The van der Waals surface area contributed by atoms with Gasteiger partial charge in [-0.05, 0) is 34.7 Å². The van der Waals surface area contributed by atoms with Crippen LogP contribution in [-0.4, -0.2) is 34.0 Å². The molecule has 0 aliphatic carbocycles. The second-order valence-corrected chi connectivity index (χ2v) is 5.85. The van der Waals surface area contributed by atoms with E-state index in [4.69, 9.17) is 4.74 Å². The molecule has 20 heavy (non-hydrogen) atoms. The van der Waals surface area contributed by atoms with Crippen LogP contribution in [0.2, 0.25) is 0 Å². The topological polar surface area (TPSA) is 64.0 Å². The second-order valence-electron chi connectivity index (χ2n) is 4.74. The van der Waals surface area contributed by atoms with Gasteiger partial charge in [0, 0.05) is 20.0 Å². The standard InChI is InChI=1S/C13H16IN5O/c1-8(2)11-16-12(19(3)4)18-13(17-11)20-9-5-6-10(14)15-7-9/h5-8H,1-4H3. The first-order chi connectivity index (χ1) is 9.45. The molecule has 0 N–H and O–H groups in total. The molecule has 0 aliphatic heterocycles. The molecule has 0 atom stereocenters. The number of rotatable bonds is 4. The van der Waals surface area contributed by atoms with Crippen molar-refractivity contribution in [2.24, 2.45) is 0 Å². The van der Waals surface area contributed by atoms with Crippen LogP contribution in [0.3, 0.4) is 0 Å². The van der Waals surface area contributed by atoms with Crippen molar-refractivity contribution in [3.8, 4) is 11.8 Å². The third kappa shape index (κ3) is 3.75. The Bertz CT molecular complexity index is 560. The zero-order valence-electron chi connectivity index (χ0n) is 11.8. The molecule has 2 rings (SSSR count). The molecule has 0 saturated carbocycles. The van der Waals surface area contributed by atoms with Gasteiger partial charge in [0.15, 0.2) is 0 Å². The predicted octanol–water partition coefficient (Wildman–Crippen LogP) is 2.85. The molecule has 2 aromatic heterocycles. The highest BCUT2D eigenvalue weighted by molar-refractivity contribution is 14.1. The van der Waals surface area contributed by atoms with Gasteiger partial charge in [0.05, 0.1) is 6.20 Å². The van der Waals surface area contributed by atoms with Crippen LogP contribution in [0.1, 0.15) is 25.6 Å². The molecular weight excluding hydrogens is 369 g/mol. The molecule has 7 heteroatoms. The highest BCUT2D eigenvalue weighted by atomic mass is 127. The van der Waals surface area contributed by atoms with Crippen molar-refractivity contribution in [1.82, 2.24) is 19.9 Å². The summed E-state index contributed by atoms with van der Waals surface area (Å²) in [6, 6.07) is 3.99. The summed E-state index contributed by atoms with van der Waals surface area (Å²) in [5, 5.41) is 0. The second kappa shape index (κ2) is 6.29. The van der Waals surface area contributed by atoms with E-state index >= 15 is 0 Å². The quantitative estimate of drug-likeness (QED) is 0.596. The fourth-order valence-corrected chi connectivity index (χ4v) is 1.71. The van der Waals surface area contributed by atoms with E-state index in [1.54, 1.807) is 6.20 Å². The van der Waals surface area contributed by atoms with E-state index in [-0.39, 0.29) is 11.9 Å². The van der Waals surface area contributed by atoms with Gasteiger partial charge in [-0.3, -0.25) is 0 Å². The number of anilines is 1. The minimum Gasteiger partial charge on any atom is -0.423 e. The van der Waals surface area contributed by atoms with E-state index in [1.807, 2.05) is 45.0 Å². The van der Waals surface area contributed by atoms with Crippen molar-refractivity contribution < 1.29 is 4.74 Å². The molecule has 0 aromatic carbocycles. The zero-order valence-corrected chi connectivity index (χ0v) is 14.0.